The third kappa shape index (κ3) is 4.37. The minimum Gasteiger partial charge on any atom is -0.407 e. The monoisotopic (exact) mass is 375 g/mol. The van der Waals surface area contributed by atoms with E-state index in [0.717, 1.165) is 0 Å². The quantitative estimate of drug-likeness (QED) is 0.458. The van der Waals surface area contributed by atoms with Gasteiger partial charge in [0, 0.05) is 32.0 Å². The largest absolute Gasteiger partial charge is 0.419 e. The number of amides is 1. The molecular formula is C16H17N5O6. The summed E-state index contributed by atoms with van der Waals surface area (Å²) in [7, 11) is 0. The first kappa shape index (κ1) is 18.3. The number of benzene rings is 1. The van der Waals surface area contributed by atoms with E-state index in [4.69, 9.17) is 8.94 Å². The van der Waals surface area contributed by atoms with E-state index in [1.807, 2.05) is 0 Å². The Bertz CT molecular complexity index is 1030. The lowest BCUT2D eigenvalue weighted by Gasteiger charge is -2.04. The summed E-state index contributed by atoms with van der Waals surface area (Å²) < 4.78 is 11.3. The summed E-state index contributed by atoms with van der Waals surface area (Å²) in [5, 5.41) is 17.2. The van der Waals surface area contributed by atoms with Crippen LogP contribution in [0.1, 0.15) is 24.6 Å². The van der Waals surface area contributed by atoms with Gasteiger partial charge in [0.15, 0.2) is 11.4 Å². The molecule has 11 heteroatoms. The van der Waals surface area contributed by atoms with E-state index < -0.39 is 10.7 Å². The van der Waals surface area contributed by atoms with Crippen LogP contribution < -0.4 is 11.1 Å². The van der Waals surface area contributed by atoms with Gasteiger partial charge in [-0.05, 0) is 19.4 Å². The van der Waals surface area contributed by atoms with Crippen molar-refractivity contribution in [3.8, 4) is 0 Å². The Kier molecular flexibility index (Phi) is 5.29. The van der Waals surface area contributed by atoms with Gasteiger partial charge in [0.05, 0.1) is 16.5 Å². The third-order valence-corrected chi connectivity index (χ3v) is 3.88. The molecule has 27 heavy (non-hydrogen) atoms. The van der Waals surface area contributed by atoms with Gasteiger partial charge < -0.3 is 14.3 Å². The topological polar surface area (TPSA) is 146 Å². The molecule has 0 bridgehead atoms. The van der Waals surface area contributed by atoms with Gasteiger partial charge in [-0.1, -0.05) is 5.16 Å². The average molecular weight is 375 g/mol. The van der Waals surface area contributed by atoms with Crippen LogP contribution in [-0.4, -0.2) is 32.1 Å². The molecule has 0 spiro atoms. The number of aryl methyl sites for hydroxylation is 2. The maximum Gasteiger partial charge on any atom is 0.419 e. The maximum atomic E-state index is 11.9. The first-order valence-corrected chi connectivity index (χ1v) is 8.27. The summed E-state index contributed by atoms with van der Waals surface area (Å²) in [5.41, 5.74) is 0.450. The van der Waals surface area contributed by atoms with Gasteiger partial charge in [0.2, 0.25) is 11.8 Å². The smallest absolute Gasteiger partial charge is 0.407 e. The van der Waals surface area contributed by atoms with E-state index in [9.17, 15) is 19.7 Å². The van der Waals surface area contributed by atoms with Crippen LogP contribution in [0, 0.1) is 17.0 Å². The number of non-ortho nitro benzene ring substituents is 1. The van der Waals surface area contributed by atoms with Gasteiger partial charge in [0.1, 0.15) is 0 Å². The molecule has 1 amide bonds. The SMILES string of the molecule is Cc1noc(CCNC(=O)CCCn2c(=O)oc3cc([N+](=O)[O-])ccc32)n1. The van der Waals surface area contributed by atoms with Crippen molar-refractivity contribution in [3.63, 3.8) is 0 Å². The van der Waals surface area contributed by atoms with E-state index >= 15 is 0 Å². The minimum atomic E-state index is -0.613. The summed E-state index contributed by atoms with van der Waals surface area (Å²) in [6, 6.07) is 3.98. The van der Waals surface area contributed by atoms with Gasteiger partial charge in [0.25, 0.3) is 5.69 Å². The molecular weight excluding hydrogens is 358 g/mol. The summed E-state index contributed by atoms with van der Waals surface area (Å²) >= 11 is 0. The summed E-state index contributed by atoms with van der Waals surface area (Å²) in [5.74, 6) is 0.221. The number of nitrogens with zero attached hydrogens (tertiary/aromatic N) is 4. The number of aromatic nitrogens is 3. The van der Waals surface area contributed by atoms with Crippen LogP contribution in [-0.2, 0) is 17.8 Å². The highest BCUT2D eigenvalue weighted by molar-refractivity contribution is 5.76. The lowest BCUT2D eigenvalue weighted by molar-refractivity contribution is -0.384. The van der Waals surface area contributed by atoms with Crippen molar-refractivity contribution in [2.24, 2.45) is 0 Å². The van der Waals surface area contributed by atoms with Crippen LogP contribution in [0.25, 0.3) is 11.1 Å². The Morgan fingerprint density at radius 2 is 2.22 bits per heavy atom. The van der Waals surface area contributed by atoms with Crippen LogP contribution in [0.2, 0.25) is 0 Å². The van der Waals surface area contributed by atoms with Gasteiger partial charge in [-0.15, -0.1) is 0 Å². The molecule has 142 valence electrons. The number of oxazole rings is 1. The van der Waals surface area contributed by atoms with Crippen LogP contribution in [0.5, 0.6) is 0 Å². The van der Waals surface area contributed by atoms with Crippen molar-refractivity contribution >= 4 is 22.7 Å². The first-order valence-electron chi connectivity index (χ1n) is 8.27. The predicted octanol–water partition coefficient (Wildman–Crippen LogP) is 1.33. The van der Waals surface area contributed by atoms with E-state index in [1.54, 1.807) is 6.92 Å². The number of nitro benzene ring substituents is 1. The molecule has 1 aromatic carbocycles. The second-order valence-corrected chi connectivity index (χ2v) is 5.87. The van der Waals surface area contributed by atoms with Crippen molar-refractivity contribution in [3.05, 3.63) is 50.6 Å². The molecule has 0 radical (unpaired) electrons. The van der Waals surface area contributed by atoms with Crippen molar-refractivity contribution < 1.29 is 18.7 Å². The van der Waals surface area contributed by atoms with Gasteiger partial charge in [-0.3, -0.25) is 19.5 Å². The fraction of sp³-hybridized carbons (Fsp3) is 0.375. The normalized spacial score (nSPS) is 11.0. The number of carbonyl (C=O) groups is 1. The highest BCUT2D eigenvalue weighted by Gasteiger charge is 2.14. The number of nitrogens with one attached hydrogen (secondary N) is 1. The lowest BCUT2D eigenvalue weighted by atomic mass is 10.2. The van der Waals surface area contributed by atoms with Crippen LogP contribution in [0.4, 0.5) is 5.69 Å². The fourth-order valence-electron chi connectivity index (χ4n) is 2.62. The molecule has 3 rings (SSSR count). The molecule has 1 N–H and O–H groups in total. The molecule has 0 atom stereocenters. The Balaban J connectivity index is 1.51. The second-order valence-electron chi connectivity index (χ2n) is 5.87. The number of carbonyl (C=O) groups excluding carboxylic acids is 1. The molecule has 11 nitrogen and oxygen atoms in total. The number of rotatable bonds is 8. The van der Waals surface area contributed by atoms with Crippen LogP contribution in [0.15, 0.2) is 31.9 Å². The number of hydrogen-bond donors (Lipinski definition) is 1. The zero-order chi connectivity index (χ0) is 19.4. The van der Waals surface area contributed by atoms with Gasteiger partial charge >= 0.3 is 5.76 Å². The Hall–Kier alpha value is -3.50. The minimum absolute atomic E-state index is 0.147. The van der Waals surface area contributed by atoms with E-state index in [-0.39, 0.29) is 30.1 Å². The number of nitro groups is 1. The van der Waals surface area contributed by atoms with E-state index in [2.05, 4.69) is 15.5 Å². The maximum absolute atomic E-state index is 11.9. The highest BCUT2D eigenvalue weighted by Crippen LogP contribution is 2.20. The molecule has 2 heterocycles. The van der Waals surface area contributed by atoms with Crippen LogP contribution >= 0.6 is 0 Å². The molecule has 0 saturated heterocycles. The Labute approximate surface area is 152 Å². The molecule has 2 aromatic heterocycles. The summed E-state index contributed by atoms with van der Waals surface area (Å²) in [6.07, 6.45) is 1.07. The Morgan fingerprint density at radius 1 is 1.41 bits per heavy atom. The molecule has 0 aliphatic rings. The zero-order valence-corrected chi connectivity index (χ0v) is 14.5. The molecule has 3 aromatic rings. The standard InChI is InChI=1S/C16H17N5O6/c1-10-18-15(27-19-10)6-7-17-14(22)3-2-8-20-12-5-4-11(21(24)25)9-13(12)26-16(20)23/h4-5,9H,2-3,6-8H2,1H3,(H,17,22). The van der Waals surface area contributed by atoms with Crippen LogP contribution in [0.3, 0.4) is 0 Å². The number of hydrogen-bond acceptors (Lipinski definition) is 8. The van der Waals surface area contributed by atoms with Crippen molar-refractivity contribution in [1.82, 2.24) is 20.0 Å². The molecule has 0 aliphatic heterocycles. The first-order chi connectivity index (χ1) is 12.9. The van der Waals surface area contributed by atoms with Crippen molar-refractivity contribution in [2.45, 2.75) is 32.7 Å². The molecule has 0 aliphatic carbocycles. The summed E-state index contributed by atoms with van der Waals surface area (Å²) in [4.78, 5) is 38.1. The molecule has 0 saturated carbocycles. The third-order valence-electron chi connectivity index (χ3n) is 3.88. The number of fused-ring (bicyclic) bond motifs is 1. The van der Waals surface area contributed by atoms with E-state index in [1.165, 1.54) is 22.8 Å². The van der Waals surface area contributed by atoms with Gasteiger partial charge in [-0.25, -0.2) is 4.79 Å². The van der Waals surface area contributed by atoms with Gasteiger partial charge in [-0.2, -0.15) is 4.98 Å². The lowest BCUT2D eigenvalue weighted by Crippen LogP contribution is -2.26. The predicted molar refractivity (Wildman–Crippen MR) is 92.1 cm³/mol. The second kappa shape index (κ2) is 7.81. The van der Waals surface area contributed by atoms with Crippen molar-refractivity contribution in [1.29, 1.82) is 0 Å². The van der Waals surface area contributed by atoms with E-state index in [0.29, 0.717) is 36.6 Å². The van der Waals surface area contributed by atoms with Crippen molar-refractivity contribution in [2.75, 3.05) is 6.54 Å². The average Bonchev–Trinajstić information content (AvgIpc) is 3.17. The molecule has 0 unspecified atom stereocenters. The molecule has 0 fully saturated rings. The zero-order valence-electron chi connectivity index (χ0n) is 14.5. The Morgan fingerprint density at radius 3 is 2.93 bits per heavy atom. The highest BCUT2D eigenvalue weighted by atomic mass is 16.6. The fourth-order valence-corrected chi connectivity index (χ4v) is 2.62. The summed E-state index contributed by atoms with van der Waals surface area (Å²) in [6.45, 7) is 2.35.